The molecule has 0 saturated carbocycles. The van der Waals surface area contributed by atoms with Gasteiger partial charge in [0.25, 0.3) is 11.5 Å². The lowest BCUT2D eigenvalue weighted by Crippen LogP contribution is -2.40. The average molecular weight is 540 g/mol. The van der Waals surface area contributed by atoms with Gasteiger partial charge in [0.2, 0.25) is 0 Å². The van der Waals surface area contributed by atoms with Crippen molar-refractivity contribution >= 4 is 29.0 Å². The molecule has 0 fully saturated rings. The van der Waals surface area contributed by atoms with Crippen molar-refractivity contribution in [1.82, 2.24) is 4.57 Å². The molecule has 8 heteroatoms. The van der Waals surface area contributed by atoms with Crippen molar-refractivity contribution in [1.29, 1.82) is 0 Å². The van der Waals surface area contributed by atoms with Crippen molar-refractivity contribution in [3.63, 3.8) is 0 Å². The highest BCUT2D eigenvalue weighted by molar-refractivity contribution is 7.07. The molecule has 0 saturated heterocycles. The predicted molar refractivity (Wildman–Crippen MR) is 154 cm³/mol. The average Bonchev–Trinajstić information content (AvgIpc) is 3.24. The molecule has 0 aliphatic carbocycles. The summed E-state index contributed by atoms with van der Waals surface area (Å²) < 4.78 is 13.5. The van der Waals surface area contributed by atoms with E-state index in [1.807, 2.05) is 106 Å². The number of nitrogens with zero attached hydrogens (tertiary/aromatic N) is 2. The van der Waals surface area contributed by atoms with Crippen LogP contribution in [0.4, 0.5) is 5.69 Å². The Morgan fingerprint density at radius 2 is 1.67 bits per heavy atom. The molecule has 198 valence electrons. The molecular weight excluding hydrogens is 510 g/mol. The molecular formula is C31H29N3O4S. The van der Waals surface area contributed by atoms with E-state index in [2.05, 4.69) is 5.32 Å². The van der Waals surface area contributed by atoms with Crippen LogP contribution in [0, 0.1) is 0 Å². The second-order valence-electron chi connectivity index (χ2n) is 8.87. The standard InChI is InChI=1S/C31H29N3O4S/c1-4-37-24-17-15-21(16-18-24)28-27(29(35)33-23-12-7-6-8-13-23)20(3)32-31-34(28)30(36)26(39-31)19-22-11-9-10-14-25(22)38-5-2/h6-19,28H,4-5H2,1-3H3,(H,33,35)/b26-19-/t28-/m0/s1. The van der Waals surface area contributed by atoms with Crippen LogP contribution in [0.1, 0.15) is 37.9 Å². The number of aromatic nitrogens is 1. The maximum atomic E-state index is 13.9. The quantitative estimate of drug-likeness (QED) is 0.353. The van der Waals surface area contributed by atoms with Crippen molar-refractivity contribution in [2.45, 2.75) is 26.8 Å². The number of rotatable bonds is 8. The van der Waals surface area contributed by atoms with Gasteiger partial charge >= 0.3 is 0 Å². The Hall–Kier alpha value is -4.43. The fraction of sp³-hybridized carbons (Fsp3) is 0.194. The maximum absolute atomic E-state index is 13.9. The number of para-hydroxylation sites is 2. The van der Waals surface area contributed by atoms with E-state index in [9.17, 15) is 9.59 Å². The Morgan fingerprint density at radius 1 is 0.974 bits per heavy atom. The molecule has 4 aromatic rings. The lowest BCUT2D eigenvalue weighted by atomic mass is 9.95. The van der Waals surface area contributed by atoms with Crippen LogP contribution in [0.25, 0.3) is 6.08 Å². The van der Waals surface area contributed by atoms with Gasteiger partial charge in [-0.2, -0.15) is 0 Å². The van der Waals surface area contributed by atoms with E-state index in [1.165, 1.54) is 11.3 Å². The summed E-state index contributed by atoms with van der Waals surface area (Å²) in [4.78, 5) is 32.9. The van der Waals surface area contributed by atoms with E-state index in [4.69, 9.17) is 14.5 Å². The van der Waals surface area contributed by atoms with E-state index in [-0.39, 0.29) is 11.5 Å². The minimum atomic E-state index is -0.662. The molecule has 1 amide bonds. The second kappa shape index (κ2) is 11.5. The molecule has 1 aromatic heterocycles. The third kappa shape index (κ3) is 5.42. The number of carbonyl (C=O) groups is 1. The smallest absolute Gasteiger partial charge is 0.271 e. The van der Waals surface area contributed by atoms with Gasteiger partial charge in [-0.05, 0) is 62.7 Å². The van der Waals surface area contributed by atoms with Crippen molar-refractivity contribution in [3.05, 3.63) is 121 Å². The second-order valence-corrected chi connectivity index (χ2v) is 9.88. The number of fused-ring (bicyclic) bond motifs is 1. The lowest BCUT2D eigenvalue weighted by Gasteiger charge is -2.25. The zero-order chi connectivity index (χ0) is 27.4. The van der Waals surface area contributed by atoms with Crippen LogP contribution in [0.15, 0.2) is 99.9 Å². The Labute approximate surface area is 230 Å². The summed E-state index contributed by atoms with van der Waals surface area (Å²) in [7, 11) is 0. The maximum Gasteiger partial charge on any atom is 0.271 e. The molecule has 5 rings (SSSR count). The van der Waals surface area contributed by atoms with Gasteiger partial charge in [-0.1, -0.05) is 59.9 Å². The number of benzene rings is 3. The number of hydrogen-bond donors (Lipinski definition) is 1. The van der Waals surface area contributed by atoms with Crippen LogP contribution in [0.5, 0.6) is 11.5 Å². The topological polar surface area (TPSA) is 81.9 Å². The van der Waals surface area contributed by atoms with Gasteiger partial charge in [-0.3, -0.25) is 14.2 Å². The number of ether oxygens (including phenoxy) is 2. The summed E-state index contributed by atoms with van der Waals surface area (Å²) in [5.41, 5.74) is 3.01. The third-order valence-corrected chi connectivity index (χ3v) is 7.29. The number of anilines is 1. The molecule has 0 radical (unpaired) electrons. The van der Waals surface area contributed by atoms with Gasteiger partial charge in [0, 0.05) is 11.3 Å². The van der Waals surface area contributed by atoms with E-state index < -0.39 is 6.04 Å². The van der Waals surface area contributed by atoms with Crippen LogP contribution in [0.3, 0.4) is 0 Å². The van der Waals surface area contributed by atoms with Crippen molar-refractivity contribution in [2.24, 2.45) is 4.99 Å². The zero-order valence-corrected chi connectivity index (χ0v) is 22.8. The van der Waals surface area contributed by atoms with Crippen molar-refractivity contribution in [2.75, 3.05) is 18.5 Å². The van der Waals surface area contributed by atoms with Gasteiger partial charge in [-0.15, -0.1) is 0 Å². The van der Waals surface area contributed by atoms with Crippen LogP contribution in [0.2, 0.25) is 0 Å². The van der Waals surface area contributed by atoms with Crippen molar-refractivity contribution in [3.8, 4) is 11.5 Å². The van der Waals surface area contributed by atoms with E-state index in [0.29, 0.717) is 45.3 Å². The summed E-state index contributed by atoms with van der Waals surface area (Å²) in [6.07, 6.45) is 1.83. The molecule has 1 atom stereocenters. The van der Waals surface area contributed by atoms with Gasteiger partial charge in [0.1, 0.15) is 11.5 Å². The highest BCUT2D eigenvalue weighted by atomic mass is 32.1. The predicted octanol–water partition coefficient (Wildman–Crippen LogP) is 4.67. The first-order valence-electron chi connectivity index (χ1n) is 12.8. The number of hydrogen-bond acceptors (Lipinski definition) is 6. The molecule has 7 nitrogen and oxygen atoms in total. The zero-order valence-electron chi connectivity index (χ0n) is 22.0. The summed E-state index contributed by atoms with van der Waals surface area (Å²) in [6, 6.07) is 23.7. The van der Waals surface area contributed by atoms with Gasteiger partial charge < -0.3 is 14.8 Å². The number of thiazole rings is 1. The Bertz CT molecular complexity index is 1700. The van der Waals surface area contributed by atoms with Crippen LogP contribution >= 0.6 is 11.3 Å². The number of nitrogens with one attached hydrogen (secondary N) is 1. The molecule has 39 heavy (non-hydrogen) atoms. The van der Waals surface area contributed by atoms with Crippen LogP contribution in [-0.4, -0.2) is 23.7 Å². The molecule has 0 bridgehead atoms. The van der Waals surface area contributed by atoms with Crippen LogP contribution < -0.4 is 29.7 Å². The monoisotopic (exact) mass is 539 g/mol. The van der Waals surface area contributed by atoms with Gasteiger partial charge in [0.05, 0.1) is 35.1 Å². The normalized spacial score (nSPS) is 14.9. The molecule has 1 aliphatic heterocycles. The number of amides is 1. The van der Waals surface area contributed by atoms with Gasteiger partial charge in [-0.25, -0.2) is 4.99 Å². The van der Waals surface area contributed by atoms with Gasteiger partial charge in [0.15, 0.2) is 4.80 Å². The summed E-state index contributed by atoms with van der Waals surface area (Å²) in [6.45, 7) is 6.72. The molecule has 0 unspecified atom stereocenters. The highest BCUT2D eigenvalue weighted by Gasteiger charge is 2.32. The molecule has 2 heterocycles. The highest BCUT2D eigenvalue weighted by Crippen LogP contribution is 2.32. The molecule has 1 aliphatic rings. The van der Waals surface area contributed by atoms with Crippen LogP contribution in [-0.2, 0) is 4.79 Å². The van der Waals surface area contributed by atoms with E-state index in [0.717, 1.165) is 16.9 Å². The minimum Gasteiger partial charge on any atom is -0.494 e. The molecule has 1 N–H and O–H groups in total. The minimum absolute atomic E-state index is 0.221. The molecule has 3 aromatic carbocycles. The Morgan fingerprint density at radius 3 is 2.38 bits per heavy atom. The first kappa shape index (κ1) is 26.2. The number of allylic oxidation sites excluding steroid dienone is 1. The molecule has 0 spiro atoms. The summed E-state index contributed by atoms with van der Waals surface area (Å²) in [5.74, 6) is 1.11. The van der Waals surface area contributed by atoms with Crippen molar-refractivity contribution < 1.29 is 14.3 Å². The largest absolute Gasteiger partial charge is 0.494 e. The fourth-order valence-corrected chi connectivity index (χ4v) is 5.63. The Balaban J connectivity index is 1.66. The third-order valence-electron chi connectivity index (χ3n) is 6.31. The van der Waals surface area contributed by atoms with E-state index >= 15 is 0 Å². The number of carbonyl (C=O) groups excluding carboxylic acids is 1. The Kier molecular flexibility index (Phi) is 7.74. The van der Waals surface area contributed by atoms with E-state index in [1.54, 1.807) is 4.57 Å². The fourth-order valence-electron chi connectivity index (χ4n) is 4.59. The summed E-state index contributed by atoms with van der Waals surface area (Å²) in [5, 5.41) is 2.97. The first-order chi connectivity index (χ1) is 19.0. The SMILES string of the molecule is CCOc1ccc([C@H]2C(C(=O)Nc3ccccc3)=C(C)N=c3s/c(=C\c4ccccc4OCC)c(=O)n32)cc1. The summed E-state index contributed by atoms with van der Waals surface area (Å²) >= 11 is 1.30. The lowest BCUT2D eigenvalue weighted by molar-refractivity contribution is -0.113. The first-order valence-corrected chi connectivity index (χ1v) is 13.6.